The van der Waals surface area contributed by atoms with Crippen molar-refractivity contribution in [3.8, 4) is 0 Å². The molecule has 0 radical (unpaired) electrons. The third kappa shape index (κ3) is 2.94. The van der Waals surface area contributed by atoms with E-state index in [-0.39, 0.29) is 6.10 Å². The predicted octanol–water partition coefficient (Wildman–Crippen LogP) is 3.77. The fraction of sp³-hybridized carbons (Fsp3) is 0.600. The van der Waals surface area contributed by atoms with E-state index in [1.165, 1.54) is 11.3 Å². The molecular formula is C10H12BrClO2S. The Bertz CT molecular complexity index is 317. The minimum absolute atomic E-state index is 0.208. The van der Waals surface area contributed by atoms with E-state index in [0.717, 1.165) is 28.8 Å². The quantitative estimate of drug-likeness (QED) is 0.921. The van der Waals surface area contributed by atoms with Gasteiger partial charge in [0.25, 0.3) is 0 Å². The predicted molar refractivity (Wildman–Crippen MR) is 65.6 cm³/mol. The second kappa shape index (κ2) is 5.15. The van der Waals surface area contributed by atoms with E-state index in [9.17, 15) is 5.11 Å². The minimum atomic E-state index is -0.457. The molecule has 0 aromatic carbocycles. The molecule has 0 amide bonds. The van der Waals surface area contributed by atoms with Crippen LogP contribution in [0.4, 0.5) is 0 Å². The van der Waals surface area contributed by atoms with Gasteiger partial charge in [0.15, 0.2) is 0 Å². The van der Waals surface area contributed by atoms with Gasteiger partial charge in [-0.15, -0.1) is 11.3 Å². The van der Waals surface area contributed by atoms with Gasteiger partial charge in [0.05, 0.1) is 12.2 Å². The van der Waals surface area contributed by atoms with Crippen molar-refractivity contribution < 1.29 is 9.84 Å². The molecule has 0 spiro atoms. The Hall–Kier alpha value is 0.390. The zero-order valence-electron chi connectivity index (χ0n) is 8.08. The van der Waals surface area contributed by atoms with Gasteiger partial charge in [-0.3, -0.25) is 0 Å². The summed E-state index contributed by atoms with van der Waals surface area (Å²) in [6.07, 6.45) is 2.58. The van der Waals surface area contributed by atoms with E-state index in [4.69, 9.17) is 16.3 Å². The van der Waals surface area contributed by atoms with Gasteiger partial charge in [-0.1, -0.05) is 11.6 Å². The average Bonchev–Trinajstić information content (AvgIpc) is 2.78. The molecule has 1 fully saturated rings. The number of halogens is 2. The van der Waals surface area contributed by atoms with Crippen LogP contribution in [-0.2, 0) is 4.74 Å². The van der Waals surface area contributed by atoms with Crippen molar-refractivity contribution in [1.29, 1.82) is 0 Å². The summed E-state index contributed by atoms with van der Waals surface area (Å²) in [5, 5.41) is 9.97. The van der Waals surface area contributed by atoms with Crippen LogP contribution in [0.25, 0.3) is 0 Å². The van der Waals surface area contributed by atoms with Crippen LogP contribution in [0, 0.1) is 0 Å². The van der Waals surface area contributed by atoms with Crippen molar-refractivity contribution in [3.63, 3.8) is 0 Å². The normalized spacial score (nSPS) is 23.3. The number of thiophene rings is 1. The zero-order valence-corrected chi connectivity index (χ0v) is 11.2. The standard InChI is InChI=1S/C10H12BrClO2S/c11-7-5-9(15-10(7)12)8(13)4-6-2-1-3-14-6/h5-6,8,13H,1-4H2. The summed E-state index contributed by atoms with van der Waals surface area (Å²) in [4.78, 5) is 0.905. The molecule has 5 heteroatoms. The van der Waals surface area contributed by atoms with Crippen LogP contribution in [0.3, 0.4) is 0 Å². The molecule has 1 aromatic rings. The monoisotopic (exact) mass is 310 g/mol. The Balaban J connectivity index is 1.97. The highest BCUT2D eigenvalue weighted by Crippen LogP contribution is 2.37. The summed E-state index contributed by atoms with van der Waals surface area (Å²) in [6.45, 7) is 0.826. The molecule has 1 saturated heterocycles. The van der Waals surface area contributed by atoms with Crippen LogP contribution < -0.4 is 0 Å². The van der Waals surface area contributed by atoms with Crippen molar-refractivity contribution in [2.75, 3.05) is 6.61 Å². The van der Waals surface area contributed by atoms with E-state index in [0.29, 0.717) is 10.8 Å². The molecule has 1 aromatic heterocycles. The lowest BCUT2D eigenvalue weighted by molar-refractivity contribution is 0.0548. The van der Waals surface area contributed by atoms with E-state index in [1.54, 1.807) is 0 Å². The maximum absolute atomic E-state index is 9.97. The van der Waals surface area contributed by atoms with Gasteiger partial charge < -0.3 is 9.84 Å². The van der Waals surface area contributed by atoms with E-state index in [1.807, 2.05) is 6.07 Å². The third-order valence-electron chi connectivity index (χ3n) is 2.50. The second-order valence-corrected chi connectivity index (χ2v) is 6.20. The van der Waals surface area contributed by atoms with Crippen molar-refractivity contribution >= 4 is 38.9 Å². The maximum atomic E-state index is 9.97. The zero-order chi connectivity index (χ0) is 10.8. The molecule has 2 atom stereocenters. The highest BCUT2D eigenvalue weighted by Gasteiger charge is 2.22. The van der Waals surface area contributed by atoms with Gasteiger partial charge in [0.2, 0.25) is 0 Å². The molecule has 2 nitrogen and oxygen atoms in total. The molecule has 15 heavy (non-hydrogen) atoms. The minimum Gasteiger partial charge on any atom is -0.387 e. The van der Waals surface area contributed by atoms with Gasteiger partial charge in [-0.2, -0.15) is 0 Å². The Morgan fingerprint density at radius 1 is 1.73 bits per heavy atom. The summed E-state index contributed by atoms with van der Waals surface area (Å²) < 4.78 is 7.03. The maximum Gasteiger partial charge on any atom is 0.107 e. The van der Waals surface area contributed by atoms with E-state index >= 15 is 0 Å². The number of aliphatic hydroxyl groups excluding tert-OH is 1. The fourth-order valence-electron chi connectivity index (χ4n) is 1.72. The second-order valence-electron chi connectivity index (χ2n) is 3.66. The molecule has 1 aliphatic rings. The first kappa shape index (κ1) is 11.9. The topological polar surface area (TPSA) is 29.5 Å². The molecule has 0 bridgehead atoms. The van der Waals surface area contributed by atoms with Gasteiger partial charge in [-0.25, -0.2) is 0 Å². The molecule has 0 saturated carbocycles. The Morgan fingerprint density at radius 2 is 2.53 bits per heavy atom. The number of hydrogen-bond acceptors (Lipinski definition) is 3. The van der Waals surface area contributed by atoms with Gasteiger partial charge in [0, 0.05) is 22.4 Å². The molecule has 1 N–H and O–H groups in total. The van der Waals surface area contributed by atoms with Crippen molar-refractivity contribution in [1.82, 2.24) is 0 Å². The van der Waals surface area contributed by atoms with Crippen LogP contribution in [0.2, 0.25) is 4.34 Å². The van der Waals surface area contributed by atoms with Gasteiger partial charge in [-0.05, 0) is 34.8 Å². The largest absolute Gasteiger partial charge is 0.387 e. The molecule has 2 rings (SSSR count). The highest BCUT2D eigenvalue weighted by molar-refractivity contribution is 9.10. The first-order chi connectivity index (χ1) is 7.16. The number of ether oxygens (including phenoxy) is 1. The smallest absolute Gasteiger partial charge is 0.107 e. The summed E-state index contributed by atoms with van der Waals surface area (Å²) in [5.41, 5.74) is 0. The van der Waals surface area contributed by atoms with Gasteiger partial charge in [0.1, 0.15) is 4.34 Å². The van der Waals surface area contributed by atoms with E-state index < -0.39 is 6.10 Å². The first-order valence-electron chi connectivity index (χ1n) is 4.91. The SMILES string of the molecule is OC(CC1CCCO1)c1cc(Br)c(Cl)s1. The fourth-order valence-corrected chi connectivity index (χ4v) is 3.46. The summed E-state index contributed by atoms with van der Waals surface area (Å²) in [6, 6.07) is 1.88. The molecule has 2 heterocycles. The average molecular weight is 312 g/mol. The third-order valence-corrected chi connectivity index (χ3v) is 5.08. The Labute approximate surface area is 106 Å². The molecule has 84 valence electrons. The van der Waals surface area contributed by atoms with Crippen molar-refractivity contribution in [2.24, 2.45) is 0 Å². The number of hydrogen-bond donors (Lipinski definition) is 1. The van der Waals surface area contributed by atoms with Crippen molar-refractivity contribution in [3.05, 3.63) is 19.8 Å². The Morgan fingerprint density at radius 3 is 3.07 bits per heavy atom. The first-order valence-corrected chi connectivity index (χ1v) is 6.90. The van der Waals surface area contributed by atoms with E-state index in [2.05, 4.69) is 15.9 Å². The number of aliphatic hydroxyl groups is 1. The molecular weight excluding hydrogens is 300 g/mol. The number of rotatable bonds is 3. The lowest BCUT2D eigenvalue weighted by atomic mass is 10.1. The van der Waals surface area contributed by atoms with Crippen LogP contribution in [0.15, 0.2) is 10.5 Å². The molecule has 1 aliphatic heterocycles. The molecule has 0 aliphatic carbocycles. The summed E-state index contributed by atoms with van der Waals surface area (Å²) >= 11 is 10.7. The van der Waals surface area contributed by atoms with Crippen LogP contribution >= 0.6 is 38.9 Å². The van der Waals surface area contributed by atoms with Crippen molar-refractivity contribution in [2.45, 2.75) is 31.5 Å². The van der Waals surface area contributed by atoms with Crippen LogP contribution in [0.5, 0.6) is 0 Å². The summed E-state index contributed by atoms with van der Waals surface area (Å²) in [7, 11) is 0. The highest BCUT2D eigenvalue weighted by atomic mass is 79.9. The van der Waals surface area contributed by atoms with Gasteiger partial charge >= 0.3 is 0 Å². The Kier molecular flexibility index (Phi) is 4.07. The van der Waals surface area contributed by atoms with Crippen LogP contribution in [-0.4, -0.2) is 17.8 Å². The molecule has 2 unspecified atom stereocenters. The summed E-state index contributed by atoms with van der Waals surface area (Å²) in [5.74, 6) is 0. The lowest BCUT2D eigenvalue weighted by Crippen LogP contribution is -2.10. The lowest BCUT2D eigenvalue weighted by Gasteiger charge is -2.13. The van der Waals surface area contributed by atoms with Crippen LogP contribution in [0.1, 0.15) is 30.2 Å².